The number of halogens is 1. The molecule has 2 rings (SSSR count). The second-order valence-corrected chi connectivity index (χ2v) is 4.19. The molecule has 1 aliphatic heterocycles. The standard InChI is InChI=1S/C10H10BrNO/c1-6-2-3-7(4-8(6)11)9-5-10(13)12-9/h2-4,9H,5H2,1H3,(H,12,13). The van der Waals surface area contributed by atoms with Crippen LogP contribution in [-0.4, -0.2) is 5.91 Å². The van der Waals surface area contributed by atoms with Gasteiger partial charge in [0.15, 0.2) is 0 Å². The van der Waals surface area contributed by atoms with Gasteiger partial charge in [0.2, 0.25) is 5.91 Å². The predicted molar refractivity (Wildman–Crippen MR) is 54.4 cm³/mol. The number of rotatable bonds is 1. The smallest absolute Gasteiger partial charge is 0.222 e. The Morgan fingerprint density at radius 1 is 1.54 bits per heavy atom. The van der Waals surface area contributed by atoms with Gasteiger partial charge >= 0.3 is 0 Å². The number of nitrogens with one attached hydrogen (secondary N) is 1. The zero-order chi connectivity index (χ0) is 9.42. The number of β-lactam (4-membered cyclic amide) rings is 1. The number of benzene rings is 1. The molecule has 1 unspecified atom stereocenters. The van der Waals surface area contributed by atoms with E-state index in [0.29, 0.717) is 6.42 Å². The van der Waals surface area contributed by atoms with Gasteiger partial charge in [0.1, 0.15) is 0 Å². The van der Waals surface area contributed by atoms with Crippen molar-refractivity contribution < 1.29 is 4.79 Å². The molecule has 68 valence electrons. The van der Waals surface area contributed by atoms with Gasteiger partial charge in [-0.15, -0.1) is 0 Å². The first-order valence-corrected chi connectivity index (χ1v) is 5.01. The zero-order valence-corrected chi connectivity index (χ0v) is 8.89. The fraction of sp³-hybridized carbons (Fsp3) is 0.300. The Labute approximate surface area is 85.5 Å². The third-order valence-electron chi connectivity index (χ3n) is 2.32. The Morgan fingerprint density at radius 3 is 2.77 bits per heavy atom. The number of carbonyl (C=O) groups is 1. The minimum atomic E-state index is 0.140. The van der Waals surface area contributed by atoms with Gasteiger partial charge in [-0.1, -0.05) is 28.1 Å². The van der Waals surface area contributed by atoms with Crippen LogP contribution >= 0.6 is 15.9 Å². The summed E-state index contributed by atoms with van der Waals surface area (Å²) in [5, 5.41) is 2.85. The molecule has 1 amide bonds. The molecule has 3 heteroatoms. The van der Waals surface area contributed by atoms with Crippen molar-refractivity contribution >= 4 is 21.8 Å². The molecule has 1 aromatic carbocycles. The molecule has 1 heterocycles. The van der Waals surface area contributed by atoms with Crippen molar-refractivity contribution in [2.45, 2.75) is 19.4 Å². The van der Waals surface area contributed by atoms with E-state index >= 15 is 0 Å². The molecule has 2 nitrogen and oxygen atoms in total. The monoisotopic (exact) mass is 239 g/mol. The van der Waals surface area contributed by atoms with Gasteiger partial charge in [-0.05, 0) is 24.1 Å². The molecular weight excluding hydrogens is 230 g/mol. The maximum absolute atomic E-state index is 10.7. The van der Waals surface area contributed by atoms with Gasteiger partial charge in [0.25, 0.3) is 0 Å². The van der Waals surface area contributed by atoms with E-state index in [1.54, 1.807) is 0 Å². The van der Waals surface area contributed by atoms with Crippen molar-refractivity contribution in [1.29, 1.82) is 0 Å². The lowest BCUT2D eigenvalue weighted by atomic mass is 9.97. The van der Waals surface area contributed by atoms with Crippen LogP contribution in [0.25, 0.3) is 0 Å². The predicted octanol–water partition coefficient (Wildman–Crippen LogP) is 2.32. The Bertz CT molecular complexity index is 354. The van der Waals surface area contributed by atoms with Crippen LogP contribution < -0.4 is 5.32 Å². The molecule has 0 aliphatic carbocycles. The van der Waals surface area contributed by atoms with E-state index in [2.05, 4.69) is 39.4 Å². The van der Waals surface area contributed by atoms with Crippen LogP contribution in [-0.2, 0) is 4.79 Å². The third kappa shape index (κ3) is 1.61. The molecule has 0 spiro atoms. The van der Waals surface area contributed by atoms with Crippen molar-refractivity contribution in [1.82, 2.24) is 5.32 Å². The highest BCUT2D eigenvalue weighted by atomic mass is 79.9. The Balaban J connectivity index is 2.22. The second kappa shape index (κ2) is 3.14. The average molecular weight is 240 g/mol. The molecule has 1 aliphatic rings. The minimum Gasteiger partial charge on any atom is -0.349 e. The molecule has 1 atom stereocenters. The number of hydrogen-bond acceptors (Lipinski definition) is 1. The van der Waals surface area contributed by atoms with Crippen molar-refractivity contribution in [2.75, 3.05) is 0 Å². The van der Waals surface area contributed by atoms with Crippen molar-refractivity contribution in [3.8, 4) is 0 Å². The highest BCUT2D eigenvalue weighted by Gasteiger charge is 2.26. The van der Waals surface area contributed by atoms with Gasteiger partial charge in [-0.3, -0.25) is 4.79 Å². The van der Waals surface area contributed by atoms with E-state index in [0.717, 1.165) is 4.47 Å². The molecule has 0 aromatic heterocycles. The maximum atomic E-state index is 10.7. The lowest BCUT2D eigenvalue weighted by Gasteiger charge is -2.27. The number of aryl methyl sites for hydroxylation is 1. The van der Waals surface area contributed by atoms with Crippen LogP contribution in [0.4, 0.5) is 0 Å². The summed E-state index contributed by atoms with van der Waals surface area (Å²) in [6.45, 7) is 2.05. The summed E-state index contributed by atoms with van der Waals surface area (Å²) in [6, 6.07) is 6.41. The molecule has 1 aromatic rings. The number of carbonyl (C=O) groups excluding carboxylic acids is 1. The van der Waals surface area contributed by atoms with Gasteiger partial charge in [0, 0.05) is 4.47 Å². The average Bonchev–Trinajstić information content (AvgIpc) is 2.05. The number of hydrogen-bond donors (Lipinski definition) is 1. The van der Waals surface area contributed by atoms with Crippen LogP contribution in [0.2, 0.25) is 0 Å². The van der Waals surface area contributed by atoms with Crippen molar-refractivity contribution in [3.05, 3.63) is 33.8 Å². The van der Waals surface area contributed by atoms with E-state index in [-0.39, 0.29) is 11.9 Å². The highest BCUT2D eigenvalue weighted by Crippen LogP contribution is 2.27. The fourth-order valence-corrected chi connectivity index (χ4v) is 1.78. The number of amides is 1. The summed E-state index contributed by atoms with van der Waals surface area (Å²) in [5.74, 6) is 0.140. The fourth-order valence-electron chi connectivity index (χ4n) is 1.39. The summed E-state index contributed by atoms with van der Waals surface area (Å²) in [6.07, 6.45) is 0.621. The minimum absolute atomic E-state index is 0.140. The third-order valence-corrected chi connectivity index (χ3v) is 3.18. The van der Waals surface area contributed by atoms with Gasteiger partial charge in [0.05, 0.1) is 12.5 Å². The van der Waals surface area contributed by atoms with E-state index in [1.807, 2.05) is 6.92 Å². The van der Waals surface area contributed by atoms with Crippen molar-refractivity contribution in [2.24, 2.45) is 0 Å². The Morgan fingerprint density at radius 2 is 2.23 bits per heavy atom. The quantitative estimate of drug-likeness (QED) is 0.750. The van der Waals surface area contributed by atoms with Crippen LogP contribution in [0, 0.1) is 6.92 Å². The summed E-state index contributed by atoms with van der Waals surface area (Å²) in [5.41, 5.74) is 2.39. The van der Waals surface area contributed by atoms with E-state index < -0.39 is 0 Å². The first-order chi connectivity index (χ1) is 6.16. The summed E-state index contributed by atoms with van der Waals surface area (Å²) < 4.78 is 1.10. The normalized spacial score (nSPS) is 20.8. The Kier molecular flexibility index (Phi) is 2.12. The molecule has 1 saturated heterocycles. The summed E-state index contributed by atoms with van der Waals surface area (Å²) >= 11 is 3.47. The van der Waals surface area contributed by atoms with Crippen LogP contribution in [0.3, 0.4) is 0 Å². The Hall–Kier alpha value is -0.830. The molecule has 1 N–H and O–H groups in total. The summed E-state index contributed by atoms with van der Waals surface area (Å²) in [7, 11) is 0. The highest BCUT2D eigenvalue weighted by molar-refractivity contribution is 9.10. The molecule has 13 heavy (non-hydrogen) atoms. The molecule has 0 radical (unpaired) electrons. The second-order valence-electron chi connectivity index (χ2n) is 3.33. The molecule has 1 fully saturated rings. The first kappa shape index (κ1) is 8.75. The topological polar surface area (TPSA) is 29.1 Å². The molecular formula is C10H10BrNO. The molecule has 0 saturated carbocycles. The van der Waals surface area contributed by atoms with Gasteiger partial charge in [-0.25, -0.2) is 0 Å². The van der Waals surface area contributed by atoms with Crippen LogP contribution in [0.15, 0.2) is 22.7 Å². The summed E-state index contributed by atoms with van der Waals surface area (Å²) in [4.78, 5) is 10.7. The largest absolute Gasteiger partial charge is 0.349 e. The van der Waals surface area contributed by atoms with E-state index in [4.69, 9.17) is 0 Å². The maximum Gasteiger partial charge on any atom is 0.222 e. The van der Waals surface area contributed by atoms with Crippen molar-refractivity contribution in [3.63, 3.8) is 0 Å². The first-order valence-electron chi connectivity index (χ1n) is 4.22. The SMILES string of the molecule is Cc1ccc(C2CC(=O)N2)cc1Br. The zero-order valence-electron chi connectivity index (χ0n) is 7.30. The van der Waals surface area contributed by atoms with Gasteiger partial charge < -0.3 is 5.32 Å². The lowest BCUT2D eigenvalue weighted by molar-refractivity contribution is -0.128. The van der Waals surface area contributed by atoms with Gasteiger partial charge in [-0.2, -0.15) is 0 Å². The molecule has 0 bridgehead atoms. The van der Waals surface area contributed by atoms with Crippen LogP contribution in [0.1, 0.15) is 23.6 Å². The van der Waals surface area contributed by atoms with Crippen LogP contribution in [0.5, 0.6) is 0 Å². The van der Waals surface area contributed by atoms with E-state index in [9.17, 15) is 4.79 Å². The lowest BCUT2D eigenvalue weighted by Crippen LogP contribution is -2.41. The van der Waals surface area contributed by atoms with E-state index in [1.165, 1.54) is 11.1 Å².